The second-order valence-electron chi connectivity index (χ2n) is 16.2. The number of carbonyl (C=O) groups is 1. The van der Waals surface area contributed by atoms with Gasteiger partial charge in [0.2, 0.25) is 5.91 Å². The monoisotopic (exact) mass is 1040 g/mol. The van der Waals surface area contributed by atoms with E-state index in [0.717, 1.165) is 0 Å². The standard InChI is InChI=1S/C54H85NO18/c1-3-57-14-16-59-18-20-61-27-30-67-35-38-71-44-50(73-41-40-69-33-32-65-21-19-60-17-15-58-4-2)42-55-52(56)45-72-39-36-68-31-28-64-25-23-62-22-24-63-26-29-66-34-37-70-43-49-11-10-48-9-8-46-6-5-7-47-12-13-51(49)54(48)53(46)47/h5-13,50H,3-4,14-45H2,1-2H3,(H,55,56). The van der Waals surface area contributed by atoms with Gasteiger partial charge in [-0.1, -0.05) is 54.6 Å². The van der Waals surface area contributed by atoms with E-state index in [4.69, 9.17) is 80.5 Å². The lowest BCUT2D eigenvalue weighted by molar-refractivity contribution is -0.127. The summed E-state index contributed by atoms with van der Waals surface area (Å²) in [6.45, 7) is 18.8. The highest BCUT2D eigenvalue weighted by atomic mass is 16.6. The third-order valence-electron chi connectivity index (χ3n) is 10.8. The minimum atomic E-state index is -0.405. The molecule has 414 valence electrons. The number of carbonyl (C=O) groups excluding carboxylic acids is 1. The van der Waals surface area contributed by atoms with Gasteiger partial charge in [-0.25, -0.2) is 0 Å². The highest BCUT2D eigenvalue weighted by molar-refractivity contribution is 6.23. The molecule has 1 unspecified atom stereocenters. The van der Waals surface area contributed by atoms with Crippen molar-refractivity contribution < 1.29 is 85.3 Å². The molecule has 0 aliphatic rings. The van der Waals surface area contributed by atoms with Crippen molar-refractivity contribution >= 4 is 38.2 Å². The molecular formula is C54H85NO18. The van der Waals surface area contributed by atoms with Gasteiger partial charge in [0.25, 0.3) is 0 Å². The van der Waals surface area contributed by atoms with Crippen LogP contribution in [0.2, 0.25) is 0 Å². The molecule has 0 bridgehead atoms. The maximum Gasteiger partial charge on any atom is 0.246 e. The van der Waals surface area contributed by atoms with E-state index in [1.165, 1.54) is 37.9 Å². The zero-order valence-corrected chi connectivity index (χ0v) is 43.7. The van der Waals surface area contributed by atoms with Gasteiger partial charge in [0, 0.05) is 19.8 Å². The summed E-state index contributed by atoms with van der Waals surface area (Å²) in [7, 11) is 0. The number of hydrogen-bond acceptors (Lipinski definition) is 18. The molecule has 1 N–H and O–H groups in total. The maximum absolute atomic E-state index is 12.5. The van der Waals surface area contributed by atoms with Crippen molar-refractivity contribution in [2.24, 2.45) is 0 Å². The van der Waals surface area contributed by atoms with Crippen molar-refractivity contribution in [3.05, 3.63) is 60.2 Å². The van der Waals surface area contributed by atoms with Crippen molar-refractivity contribution in [3.63, 3.8) is 0 Å². The Balaban J connectivity index is 0.907. The molecule has 0 aliphatic heterocycles. The highest BCUT2D eigenvalue weighted by Crippen LogP contribution is 2.36. The van der Waals surface area contributed by atoms with Crippen LogP contribution in [-0.2, 0) is 91.9 Å². The van der Waals surface area contributed by atoms with Gasteiger partial charge >= 0.3 is 0 Å². The average molecular weight is 1040 g/mol. The van der Waals surface area contributed by atoms with Crippen LogP contribution in [0.25, 0.3) is 32.3 Å². The molecule has 4 rings (SSSR count). The fraction of sp³-hybridized carbons (Fsp3) is 0.685. The van der Waals surface area contributed by atoms with Gasteiger partial charge in [0.05, 0.1) is 204 Å². The van der Waals surface area contributed by atoms with Gasteiger partial charge in [-0.15, -0.1) is 0 Å². The van der Waals surface area contributed by atoms with Gasteiger partial charge in [-0.2, -0.15) is 0 Å². The Hall–Kier alpha value is -3.29. The Morgan fingerprint density at radius 3 is 1.19 bits per heavy atom. The fourth-order valence-electron chi connectivity index (χ4n) is 7.15. The molecule has 19 heteroatoms. The minimum absolute atomic E-state index is 0.114. The molecular weight excluding hydrogens is 951 g/mol. The molecule has 1 atom stereocenters. The summed E-state index contributed by atoms with van der Waals surface area (Å²) in [5, 5.41) is 10.5. The number of amides is 1. The van der Waals surface area contributed by atoms with E-state index >= 15 is 0 Å². The van der Waals surface area contributed by atoms with E-state index in [2.05, 4.69) is 59.9 Å². The maximum atomic E-state index is 12.5. The Bertz CT molecular complexity index is 1880. The predicted molar refractivity (Wildman–Crippen MR) is 276 cm³/mol. The van der Waals surface area contributed by atoms with Gasteiger partial charge in [-0.05, 0) is 51.7 Å². The Morgan fingerprint density at radius 1 is 0.384 bits per heavy atom. The van der Waals surface area contributed by atoms with Crippen molar-refractivity contribution in [1.29, 1.82) is 0 Å². The zero-order valence-electron chi connectivity index (χ0n) is 43.7. The third-order valence-corrected chi connectivity index (χ3v) is 10.8. The summed E-state index contributed by atoms with van der Waals surface area (Å²) in [6, 6.07) is 19.6. The van der Waals surface area contributed by atoms with Gasteiger partial charge in [0.1, 0.15) is 6.61 Å². The Morgan fingerprint density at radius 2 is 0.740 bits per heavy atom. The van der Waals surface area contributed by atoms with Crippen LogP contribution < -0.4 is 5.32 Å². The Kier molecular flexibility index (Phi) is 37.4. The van der Waals surface area contributed by atoms with E-state index in [1.807, 2.05) is 13.8 Å². The molecule has 0 saturated carbocycles. The summed E-state index contributed by atoms with van der Waals surface area (Å²) < 4.78 is 94.8. The van der Waals surface area contributed by atoms with Crippen LogP contribution in [0.3, 0.4) is 0 Å². The number of ether oxygens (including phenoxy) is 17. The van der Waals surface area contributed by atoms with E-state index in [1.54, 1.807) is 0 Å². The normalized spacial score (nSPS) is 12.3. The summed E-state index contributed by atoms with van der Waals surface area (Å²) in [5.41, 5.74) is 1.18. The second-order valence-corrected chi connectivity index (χ2v) is 16.2. The van der Waals surface area contributed by atoms with Crippen LogP contribution in [0.4, 0.5) is 0 Å². The molecule has 4 aromatic carbocycles. The zero-order chi connectivity index (χ0) is 51.3. The average Bonchev–Trinajstić information content (AvgIpc) is 3.41. The van der Waals surface area contributed by atoms with Crippen molar-refractivity contribution in [2.75, 3.05) is 218 Å². The summed E-state index contributed by atoms with van der Waals surface area (Å²) in [4.78, 5) is 12.5. The van der Waals surface area contributed by atoms with E-state index in [0.29, 0.717) is 198 Å². The number of benzene rings is 4. The predicted octanol–water partition coefficient (Wildman–Crippen LogP) is 4.89. The van der Waals surface area contributed by atoms with Gasteiger partial charge < -0.3 is 85.8 Å². The van der Waals surface area contributed by atoms with E-state index < -0.39 is 6.10 Å². The van der Waals surface area contributed by atoms with Crippen LogP contribution >= 0.6 is 0 Å². The smallest absolute Gasteiger partial charge is 0.246 e. The number of rotatable bonds is 53. The van der Waals surface area contributed by atoms with Crippen LogP contribution in [0, 0.1) is 0 Å². The third kappa shape index (κ3) is 29.6. The lowest BCUT2D eigenvalue weighted by Gasteiger charge is -2.19. The van der Waals surface area contributed by atoms with E-state index in [-0.39, 0.29) is 32.3 Å². The van der Waals surface area contributed by atoms with Gasteiger partial charge in [0.15, 0.2) is 0 Å². The first-order valence-electron chi connectivity index (χ1n) is 26.0. The van der Waals surface area contributed by atoms with Gasteiger partial charge in [-0.3, -0.25) is 4.79 Å². The summed E-state index contributed by atoms with van der Waals surface area (Å²) in [5.74, 6) is -0.275. The summed E-state index contributed by atoms with van der Waals surface area (Å²) in [6.07, 6.45) is -0.405. The minimum Gasteiger partial charge on any atom is -0.379 e. The van der Waals surface area contributed by atoms with Crippen LogP contribution in [0.5, 0.6) is 0 Å². The molecule has 0 aromatic heterocycles. The molecule has 0 fully saturated rings. The number of hydrogen-bond donors (Lipinski definition) is 1. The first kappa shape index (κ1) is 62.3. The number of nitrogens with one attached hydrogen (secondary N) is 1. The summed E-state index contributed by atoms with van der Waals surface area (Å²) >= 11 is 0. The molecule has 0 heterocycles. The first-order valence-corrected chi connectivity index (χ1v) is 26.0. The fourth-order valence-corrected chi connectivity index (χ4v) is 7.15. The molecule has 0 radical (unpaired) electrons. The lowest BCUT2D eigenvalue weighted by atomic mass is 9.92. The van der Waals surface area contributed by atoms with Crippen LogP contribution in [0.1, 0.15) is 19.4 Å². The molecule has 0 saturated heterocycles. The molecule has 19 nitrogen and oxygen atoms in total. The molecule has 4 aromatic rings. The molecule has 73 heavy (non-hydrogen) atoms. The van der Waals surface area contributed by atoms with Crippen molar-refractivity contribution in [1.82, 2.24) is 5.32 Å². The van der Waals surface area contributed by atoms with Crippen molar-refractivity contribution in [2.45, 2.75) is 26.6 Å². The second kappa shape index (κ2) is 43.9. The lowest BCUT2D eigenvalue weighted by Crippen LogP contribution is -2.39. The highest BCUT2D eigenvalue weighted by Gasteiger charge is 2.13. The SMILES string of the molecule is CCOCCOCCOCCOCCOCC(CNC(=O)COCCOCCOCCOCCOCCOCCOCc1ccc2ccc3cccc4ccc1c2c34)OCCOCCOCCOCCOCC. The van der Waals surface area contributed by atoms with Crippen LogP contribution in [-0.4, -0.2) is 230 Å². The largest absolute Gasteiger partial charge is 0.379 e. The molecule has 0 aliphatic carbocycles. The molecule has 0 spiro atoms. The van der Waals surface area contributed by atoms with Crippen molar-refractivity contribution in [3.8, 4) is 0 Å². The quantitative estimate of drug-likeness (QED) is 0.0465. The first-order chi connectivity index (χ1) is 36.2. The Labute approximate surface area is 432 Å². The topological polar surface area (TPSA) is 186 Å². The molecule has 1 amide bonds. The van der Waals surface area contributed by atoms with Crippen LogP contribution in [0.15, 0.2) is 54.6 Å². The van der Waals surface area contributed by atoms with E-state index in [9.17, 15) is 4.79 Å².